The van der Waals surface area contributed by atoms with Gasteiger partial charge in [-0.2, -0.15) is 0 Å². The third-order valence-electron chi connectivity index (χ3n) is 5.05. The van der Waals surface area contributed by atoms with Crippen LogP contribution in [-0.4, -0.2) is 46.4 Å². The van der Waals surface area contributed by atoms with Crippen LogP contribution in [0, 0.1) is 6.92 Å². The molecule has 1 aliphatic heterocycles. The van der Waals surface area contributed by atoms with Crippen molar-refractivity contribution in [3.8, 4) is 11.5 Å². The predicted octanol–water partition coefficient (Wildman–Crippen LogP) is 3.01. The maximum atomic E-state index is 12.7. The summed E-state index contributed by atoms with van der Waals surface area (Å²) in [6.45, 7) is 8.63. The zero-order valence-corrected chi connectivity index (χ0v) is 19.5. The lowest BCUT2D eigenvalue weighted by Crippen LogP contribution is -2.51. The monoisotopic (exact) mass is 446 g/mol. The Bertz CT molecular complexity index is 1060. The number of amides is 1. The van der Waals surface area contributed by atoms with E-state index >= 15 is 0 Å². The van der Waals surface area contributed by atoms with Gasteiger partial charge in [0.15, 0.2) is 6.10 Å². The molecule has 0 radical (unpaired) electrons. The van der Waals surface area contributed by atoms with Crippen molar-refractivity contribution in [2.45, 2.75) is 39.2 Å². The van der Waals surface area contributed by atoms with Gasteiger partial charge in [-0.15, -0.1) is 0 Å². The number of sulfonamides is 1. The lowest BCUT2D eigenvalue weighted by atomic mass is 9.86. The first-order chi connectivity index (χ1) is 14.4. The Labute approximate surface area is 184 Å². The molecule has 1 heterocycles. The van der Waals surface area contributed by atoms with Gasteiger partial charge in [0, 0.05) is 0 Å². The van der Waals surface area contributed by atoms with E-state index < -0.39 is 16.1 Å². The Morgan fingerprint density at radius 3 is 2.61 bits per heavy atom. The van der Waals surface area contributed by atoms with Gasteiger partial charge in [0.2, 0.25) is 10.0 Å². The van der Waals surface area contributed by atoms with E-state index in [-0.39, 0.29) is 24.4 Å². The average Bonchev–Trinajstić information content (AvgIpc) is 2.68. The summed E-state index contributed by atoms with van der Waals surface area (Å²) in [5.41, 5.74) is 2.39. The van der Waals surface area contributed by atoms with Crippen molar-refractivity contribution in [2.24, 2.45) is 0 Å². The lowest BCUT2D eigenvalue weighted by molar-refractivity contribution is -0.127. The molecular formula is C23H30N2O5S. The van der Waals surface area contributed by atoms with Gasteiger partial charge >= 0.3 is 0 Å². The molecule has 1 amide bonds. The van der Waals surface area contributed by atoms with Crippen LogP contribution in [0.5, 0.6) is 11.5 Å². The molecule has 1 atom stereocenters. The van der Waals surface area contributed by atoms with Gasteiger partial charge in [-0.25, -0.2) is 8.42 Å². The molecule has 2 aromatic rings. The molecule has 31 heavy (non-hydrogen) atoms. The number of nitrogens with zero attached hydrogens (tertiary/aromatic N) is 1. The molecule has 3 rings (SSSR count). The molecule has 168 valence electrons. The quantitative estimate of drug-likeness (QED) is 0.690. The molecule has 1 aliphatic rings. The van der Waals surface area contributed by atoms with Gasteiger partial charge in [-0.3, -0.25) is 9.10 Å². The second-order valence-electron chi connectivity index (χ2n) is 8.79. The molecule has 0 fully saturated rings. The van der Waals surface area contributed by atoms with E-state index in [2.05, 4.69) is 26.1 Å². The van der Waals surface area contributed by atoms with Crippen LogP contribution < -0.4 is 19.1 Å². The van der Waals surface area contributed by atoms with E-state index in [0.29, 0.717) is 18.0 Å². The maximum Gasteiger partial charge on any atom is 0.263 e. The van der Waals surface area contributed by atoms with Gasteiger partial charge in [-0.05, 0) is 47.7 Å². The second kappa shape index (κ2) is 8.78. The van der Waals surface area contributed by atoms with E-state index in [1.165, 1.54) is 4.31 Å². The summed E-state index contributed by atoms with van der Waals surface area (Å²) in [7, 11) is -3.58. The molecule has 0 saturated carbocycles. The zero-order chi connectivity index (χ0) is 22.8. The largest absolute Gasteiger partial charge is 0.492 e. The summed E-state index contributed by atoms with van der Waals surface area (Å²) in [4.78, 5) is 12.7. The van der Waals surface area contributed by atoms with E-state index in [0.717, 1.165) is 23.1 Å². The number of ether oxygens (including phenoxy) is 2. The van der Waals surface area contributed by atoms with Crippen molar-refractivity contribution in [1.82, 2.24) is 5.32 Å². The van der Waals surface area contributed by atoms with Crippen LogP contribution in [-0.2, 0) is 20.2 Å². The van der Waals surface area contributed by atoms with Crippen molar-refractivity contribution in [1.29, 1.82) is 0 Å². The molecule has 0 aliphatic carbocycles. The Balaban J connectivity index is 1.68. The average molecular weight is 447 g/mol. The summed E-state index contributed by atoms with van der Waals surface area (Å²) < 4.78 is 37.6. The highest BCUT2D eigenvalue weighted by Crippen LogP contribution is 2.38. The fourth-order valence-electron chi connectivity index (χ4n) is 3.33. The van der Waals surface area contributed by atoms with Crippen LogP contribution in [0.4, 0.5) is 5.69 Å². The Kier molecular flexibility index (Phi) is 6.50. The third-order valence-corrected chi connectivity index (χ3v) is 6.19. The fourth-order valence-corrected chi connectivity index (χ4v) is 4.24. The number of hydrogen-bond donors (Lipinski definition) is 1. The minimum atomic E-state index is -3.58. The molecule has 0 aromatic heterocycles. The number of carbonyl (C=O) groups is 1. The van der Waals surface area contributed by atoms with Gasteiger partial charge in [0.05, 0.1) is 25.0 Å². The number of hydrogen-bond acceptors (Lipinski definition) is 5. The molecule has 1 N–H and O–H groups in total. The summed E-state index contributed by atoms with van der Waals surface area (Å²) in [5, 5.41) is 2.77. The molecule has 0 bridgehead atoms. The Morgan fingerprint density at radius 2 is 1.97 bits per heavy atom. The first-order valence-electron chi connectivity index (χ1n) is 10.2. The first kappa shape index (κ1) is 22.9. The summed E-state index contributed by atoms with van der Waals surface area (Å²) in [6.07, 6.45) is 0.193. The number of aryl methyl sites for hydroxylation is 1. The SMILES string of the molecule is Cc1cccc(OCCNC(=O)[C@H]2CN(S(C)(=O)=O)c3cc(C(C)(C)C)ccc3O2)c1. The topological polar surface area (TPSA) is 84.9 Å². The van der Waals surface area contributed by atoms with Gasteiger partial charge in [0.25, 0.3) is 5.91 Å². The summed E-state index contributed by atoms with van der Waals surface area (Å²) in [6, 6.07) is 13.1. The molecule has 8 heteroatoms. The fraction of sp³-hybridized carbons (Fsp3) is 0.435. The number of anilines is 1. The molecule has 0 unspecified atom stereocenters. The van der Waals surface area contributed by atoms with Crippen LogP contribution in [0.1, 0.15) is 31.9 Å². The highest BCUT2D eigenvalue weighted by Gasteiger charge is 2.35. The first-order valence-corrected chi connectivity index (χ1v) is 12.1. The van der Waals surface area contributed by atoms with Crippen LogP contribution in [0.25, 0.3) is 0 Å². The number of benzene rings is 2. The van der Waals surface area contributed by atoms with Crippen molar-refractivity contribution in [2.75, 3.05) is 30.3 Å². The van der Waals surface area contributed by atoms with Crippen molar-refractivity contribution < 1.29 is 22.7 Å². The Hall–Kier alpha value is -2.74. The maximum absolute atomic E-state index is 12.7. The Morgan fingerprint density at radius 1 is 1.23 bits per heavy atom. The zero-order valence-electron chi connectivity index (χ0n) is 18.6. The second-order valence-corrected chi connectivity index (χ2v) is 10.7. The highest BCUT2D eigenvalue weighted by atomic mass is 32.2. The van der Waals surface area contributed by atoms with Gasteiger partial charge in [0.1, 0.15) is 18.1 Å². The van der Waals surface area contributed by atoms with Gasteiger partial charge < -0.3 is 14.8 Å². The molecule has 7 nitrogen and oxygen atoms in total. The van der Waals surface area contributed by atoms with Crippen molar-refractivity contribution in [3.05, 3.63) is 53.6 Å². The normalized spacial score (nSPS) is 16.3. The van der Waals surface area contributed by atoms with E-state index in [4.69, 9.17) is 9.47 Å². The summed E-state index contributed by atoms with van der Waals surface area (Å²) in [5.74, 6) is 0.725. The predicted molar refractivity (Wildman–Crippen MR) is 121 cm³/mol. The molecular weight excluding hydrogens is 416 g/mol. The van der Waals surface area contributed by atoms with Crippen LogP contribution in [0.3, 0.4) is 0 Å². The summed E-state index contributed by atoms with van der Waals surface area (Å²) >= 11 is 0. The smallest absolute Gasteiger partial charge is 0.263 e. The van der Waals surface area contributed by atoms with Crippen molar-refractivity contribution >= 4 is 21.6 Å². The standard InChI is InChI=1S/C23H30N2O5S/c1-16-7-6-8-18(13-16)29-12-11-24-22(26)21-15-25(31(5,27)28)19-14-17(23(2,3)4)9-10-20(19)30-21/h6-10,13-14,21H,11-12,15H2,1-5H3,(H,24,26)/t21-/m1/s1. The number of carbonyl (C=O) groups excluding carboxylic acids is 1. The van der Waals surface area contributed by atoms with E-state index in [1.807, 2.05) is 43.3 Å². The molecule has 0 spiro atoms. The van der Waals surface area contributed by atoms with Crippen LogP contribution >= 0.6 is 0 Å². The third kappa shape index (κ3) is 5.70. The van der Waals surface area contributed by atoms with Crippen molar-refractivity contribution in [3.63, 3.8) is 0 Å². The van der Waals surface area contributed by atoms with E-state index in [1.54, 1.807) is 6.07 Å². The molecule has 2 aromatic carbocycles. The highest BCUT2D eigenvalue weighted by molar-refractivity contribution is 7.92. The lowest BCUT2D eigenvalue weighted by Gasteiger charge is -2.35. The number of rotatable bonds is 6. The minimum absolute atomic E-state index is 0.0794. The minimum Gasteiger partial charge on any atom is -0.492 e. The van der Waals surface area contributed by atoms with Crippen LogP contribution in [0.2, 0.25) is 0 Å². The number of fused-ring (bicyclic) bond motifs is 1. The van der Waals surface area contributed by atoms with E-state index in [9.17, 15) is 13.2 Å². The van der Waals surface area contributed by atoms with Gasteiger partial charge in [-0.1, -0.05) is 39.0 Å². The molecule has 0 saturated heterocycles. The number of nitrogens with one attached hydrogen (secondary N) is 1. The van der Waals surface area contributed by atoms with Crippen LogP contribution in [0.15, 0.2) is 42.5 Å².